The second kappa shape index (κ2) is 8.42. The average molecular weight is 403 g/mol. The third-order valence-corrected chi connectivity index (χ3v) is 6.64. The Labute approximate surface area is 178 Å². The van der Waals surface area contributed by atoms with E-state index in [9.17, 15) is 4.79 Å². The van der Waals surface area contributed by atoms with Gasteiger partial charge in [0.25, 0.3) is 5.91 Å². The number of carbonyl (C=O) groups excluding carboxylic acids is 1. The minimum atomic E-state index is -0.0256. The van der Waals surface area contributed by atoms with Crippen LogP contribution in [0.15, 0.2) is 48.9 Å². The first kappa shape index (κ1) is 20.3. The van der Waals surface area contributed by atoms with Crippen molar-refractivity contribution in [2.45, 2.75) is 58.3 Å². The lowest BCUT2D eigenvalue weighted by atomic mass is 9.69. The van der Waals surface area contributed by atoms with Crippen LogP contribution in [0.3, 0.4) is 0 Å². The summed E-state index contributed by atoms with van der Waals surface area (Å²) in [7, 11) is 0. The average Bonchev–Trinajstić information content (AvgIpc) is 3.08. The standard InChI is InChI=1S/C25H30N4O/c1-18-8-10-21(11-9-18)25(12-5-4-6-13-25)17-28-23(30)22-16-29(20(3)19(22)2)24-26-14-7-15-27-24/h7-11,14-16H,4-6,12-13,17H2,1-3H3,(H,28,30). The van der Waals surface area contributed by atoms with Crippen molar-refractivity contribution in [1.29, 1.82) is 0 Å². The van der Waals surface area contributed by atoms with Crippen LogP contribution < -0.4 is 5.32 Å². The molecular weight excluding hydrogens is 372 g/mol. The quantitative estimate of drug-likeness (QED) is 0.665. The summed E-state index contributed by atoms with van der Waals surface area (Å²) < 4.78 is 1.89. The highest BCUT2D eigenvalue weighted by Gasteiger charge is 2.34. The Balaban J connectivity index is 1.57. The van der Waals surface area contributed by atoms with Crippen LogP contribution in [0.4, 0.5) is 0 Å². The van der Waals surface area contributed by atoms with Crippen molar-refractivity contribution in [2.75, 3.05) is 6.54 Å². The molecule has 0 radical (unpaired) electrons. The smallest absolute Gasteiger partial charge is 0.253 e. The number of hydrogen-bond acceptors (Lipinski definition) is 3. The fourth-order valence-electron chi connectivity index (χ4n) is 4.60. The van der Waals surface area contributed by atoms with E-state index in [4.69, 9.17) is 0 Å². The van der Waals surface area contributed by atoms with Crippen molar-refractivity contribution in [2.24, 2.45) is 0 Å². The molecule has 0 saturated heterocycles. The van der Waals surface area contributed by atoms with Gasteiger partial charge in [0.2, 0.25) is 5.95 Å². The number of nitrogens with one attached hydrogen (secondary N) is 1. The molecule has 3 aromatic rings. The summed E-state index contributed by atoms with van der Waals surface area (Å²) in [5.74, 6) is 0.558. The minimum absolute atomic E-state index is 0.0235. The predicted molar refractivity (Wildman–Crippen MR) is 119 cm³/mol. The molecule has 1 amide bonds. The topological polar surface area (TPSA) is 59.8 Å². The molecule has 1 N–H and O–H groups in total. The Morgan fingerprint density at radius 3 is 2.37 bits per heavy atom. The van der Waals surface area contributed by atoms with Crippen molar-refractivity contribution in [3.05, 3.63) is 76.9 Å². The number of carbonyl (C=O) groups is 1. The summed E-state index contributed by atoms with van der Waals surface area (Å²) in [5.41, 5.74) is 5.27. The molecule has 5 heteroatoms. The van der Waals surface area contributed by atoms with Gasteiger partial charge in [0.05, 0.1) is 5.56 Å². The third kappa shape index (κ3) is 3.89. The maximum absolute atomic E-state index is 13.2. The maximum Gasteiger partial charge on any atom is 0.253 e. The van der Waals surface area contributed by atoms with Gasteiger partial charge in [-0.3, -0.25) is 9.36 Å². The zero-order valence-corrected chi connectivity index (χ0v) is 18.1. The Hall–Kier alpha value is -2.95. The fourth-order valence-corrected chi connectivity index (χ4v) is 4.60. The van der Waals surface area contributed by atoms with Crippen molar-refractivity contribution in [3.8, 4) is 5.95 Å². The van der Waals surface area contributed by atoms with E-state index in [0.717, 1.165) is 24.1 Å². The van der Waals surface area contributed by atoms with E-state index < -0.39 is 0 Å². The molecule has 1 aliphatic rings. The predicted octanol–water partition coefficient (Wildman–Crippen LogP) is 4.82. The summed E-state index contributed by atoms with van der Waals surface area (Å²) in [6, 6.07) is 10.6. The molecular formula is C25H30N4O. The first-order chi connectivity index (χ1) is 14.5. The van der Waals surface area contributed by atoms with Gasteiger partial charge in [-0.05, 0) is 50.8 Å². The number of benzene rings is 1. The van der Waals surface area contributed by atoms with Crippen LogP contribution in [0.5, 0.6) is 0 Å². The molecule has 0 unspecified atom stereocenters. The molecule has 30 heavy (non-hydrogen) atoms. The van der Waals surface area contributed by atoms with Gasteiger partial charge < -0.3 is 5.32 Å². The van der Waals surface area contributed by atoms with E-state index in [1.807, 2.05) is 24.6 Å². The second-order valence-corrected chi connectivity index (χ2v) is 8.56. The van der Waals surface area contributed by atoms with Gasteiger partial charge in [-0.25, -0.2) is 9.97 Å². The summed E-state index contributed by atoms with van der Waals surface area (Å²) >= 11 is 0. The molecule has 4 rings (SSSR count). The molecule has 156 valence electrons. The number of aryl methyl sites for hydroxylation is 1. The minimum Gasteiger partial charge on any atom is -0.351 e. The van der Waals surface area contributed by atoms with Crippen LogP contribution in [0.25, 0.3) is 5.95 Å². The monoisotopic (exact) mass is 402 g/mol. The van der Waals surface area contributed by atoms with E-state index in [-0.39, 0.29) is 11.3 Å². The molecule has 0 spiro atoms. The molecule has 0 bridgehead atoms. The van der Waals surface area contributed by atoms with Crippen LogP contribution in [-0.4, -0.2) is 27.0 Å². The van der Waals surface area contributed by atoms with E-state index in [1.165, 1.54) is 30.4 Å². The van der Waals surface area contributed by atoms with Crippen LogP contribution in [0.1, 0.15) is 64.8 Å². The lowest BCUT2D eigenvalue weighted by Crippen LogP contribution is -2.42. The first-order valence-electron chi connectivity index (χ1n) is 10.8. The van der Waals surface area contributed by atoms with E-state index >= 15 is 0 Å². The number of nitrogens with zero attached hydrogens (tertiary/aromatic N) is 3. The Bertz CT molecular complexity index is 1020. The van der Waals surface area contributed by atoms with Crippen molar-refractivity contribution in [1.82, 2.24) is 19.9 Å². The molecule has 0 atom stereocenters. The Morgan fingerprint density at radius 2 is 1.70 bits per heavy atom. The molecule has 1 aliphatic carbocycles. The summed E-state index contributed by atoms with van der Waals surface area (Å²) in [6.07, 6.45) is 11.2. The van der Waals surface area contributed by atoms with Gasteiger partial charge in [-0.1, -0.05) is 49.1 Å². The Morgan fingerprint density at radius 1 is 1.03 bits per heavy atom. The van der Waals surface area contributed by atoms with Crippen LogP contribution in [0.2, 0.25) is 0 Å². The van der Waals surface area contributed by atoms with Crippen LogP contribution in [0, 0.1) is 20.8 Å². The molecule has 5 nitrogen and oxygen atoms in total. The number of hydrogen-bond donors (Lipinski definition) is 1. The van der Waals surface area contributed by atoms with Gasteiger partial charge in [0, 0.05) is 36.2 Å². The lowest BCUT2D eigenvalue weighted by Gasteiger charge is -2.38. The summed E-state index contributed by atoms with van der Waals surface area (Å²) in [5, 5.41) is 3.26. The molecule has 1 saturated carbocycles. The second-order valence-electron chi connectivity index (χ2n) is 8.56. The summed E-state index contributed by atoms with van der Waals surface area (Å²) in [6.45, 7) is 6.77. The number of aromatic nitrogens is 3. The number of amides is 1. The largest absolute Gasteiger partial charge is 0.351 e. The van der Waals surface area contributed by atoms with Gasteiger partial charge in [0.15, 0.2) is 0 Å². The molecule has 2 heterocycles. The lowest BCUT2D eigenvalue weighted by molar-refractivity contribution is 0.0936. The van der Waals surface area contributed by atoms with Crippen LogP contribution >= 0.6 is 0 Å². The van der Waals surface area contributed by atoms with Crippen LogP contribution in [-0.2, 0) is 5.41 Å². The van der Waals surface area contributed by atoms with Gasteiger partial charge in [-0.15, -0.1) is 0 Å². The SMILES string of the molecule is Cc1ccc(C2(CNC(=O)c3cn(-c4ncccn4)c(C)c3C)CCCCC2)cc1. The number of rotatable bonds is 5. The molecule has 1 aromatic carbocycles. The fraction of sp³-hybridized carbons (Fsp3) is 0.400. The molecule has 0 aliphatic heterocycles. The maximum atomic E-state index is 13.2. The Kier molecular flexibility index (Phi) is 5.71. The molecule has 2 aromatic heterocycles. The van der Waals surface area contributed by atoms with E-state index in [2.05, 4.69) is 46.5 Å². The first-order valence-corrected chi connectivity index (χ1v) is 10.8. The highest BCUT2D eigenvalue weighted by molar-refractivity contribution is 5.96. The van der Waals surface area contributed by atoms with Crippen molar-refractivity contribution >= 4 is 5.91 Å². The van der Waals surface area contributed by atoms with E-state index in [0.29, 0.717) is 18.1 Å². The highest BCUT2D eigenvalue weighted by Crippen LogP contribution is 2.39. The van der Waals surface area contributed by atoms with Gasteiger partial charge in [-0.2, -0.15) is 0 Å². The van der Waals surface area contributed by atoms with Gasteiger partial charge in [0.1, 0.15) is 0 Å². The van der Waals surface area contributed by atoms with Crippen molar-refractivity contribution < 1.29 is 4.79 Å². The summed E-state index contributed by atoms with van der Waals surface area (Å²) in [4.78, 5) is 21.8. The van der Waals surface area contributed by atoms with Gasteiger partial charge >= 0.3 is 0 Å². The zero-order chi connectivity index (χ0) is 21.1. The van der Waals surface area contributed by atoms with E-state index in [1.54, 1.807) is 18.5 Å². The highest BCUT2D eigenvalue weighted by atomic mass is 16.1. The zero-order valence-electron chi connectivity index (χ0n) is 18.1. The third-order valence-electron chi connectivity index (χ3n) is 6.64. The molecule has 1 fully saturated rings. The van der Waals surface area contributed by atoms with Crippen molar-refractivity contribution in [3.63, 3.8) is 0 Å². The normalized spacial score (nSPS) is 15.7.